The van der Waals surface area contributed by atoms with E-state index >= 15 is 0 Å². The summed E-state index contributed by atoms with van der Waals surface area (Å²) in [5, 5.41) is 7.06. The predicted octanol–water partition coefficient (Wildman–Crippen LogP) is 4.13. The van der Waals surface area contributed by atoms with E-state index in [1.165, 1.54) is 0 Å². The summed E-state index contributed by atoms with van der Waals surface area (Å²) >= 11 is 1.61. The molecule has 1 amide bonds. The predicted molar refractivity (Wildman–Crippen MR) is 105 cm³/mol. The summed E-state index contributed by atoms with van der Waals surface area (Å²) in [4.78, 5) is 15.3. The fourth-order valence-corrected chi connectivity index (χ4v) is 3.19. The minimum atomic E-state index is -0.0548. The highest BCUT2D eigenvalue weighted by Gasteiger charge is 2.12. The van der Waals surface area contributed by atoms with Crippen LogP contribution in [0, 0.1) is 0 Å². The molecule has 0 saturated carbocycles. The van der Waals surface area contributed by atoms with Gasteiger partial charge < -0.3 is 9.84 Å². The second-order valence-electron chi connectivity index (χ2n) is 5.97. The van der Waals surface area contributed by atoms with Gasteiger partial charge in [0.2, 0.25) is 5.91 Å². The van der Waals surface area contributed by atoms with Crippen molar-refractivity contribution >= 4 is 23.4 Å². The third-order valence-corrected chi connectivity index (χ3v) is 4.64. The molecule has 5 nitrogen and oxygen atoms in total. The Morgan fingerprint density at radius 2 is 1.88 bits per heavy atom. The molecular weight excluding hydrogens is 346 g/mol. The first-order chi connectivity index (χ1) is 12.7. The number of amides is 1. The van der Waals surface area contributed by atoms with Crippen LogP contribution in [0.15, 0.2) is 70.1 Å². The second kappa shape index (κ2) is 8.69. The Balaban J connectivity index is 1.56. The van der Waals surface area contributed by atoms with Gasteiger partial charge >= 0.3 is 0 Å². The van der Waals surface area contributed by atoms with Gasteiger partial charge in [-0.1, -0.05) is 47.6 Å². The highest BCUT2D eigenvalue weighted by atomic mass is 32.2. The molecule has 0 fully saturated rings. The molecule has 0 unspecified atom stereocenters. The third-order valence-electron chi connectivity index (χ3n) is 3.84. The van der Waals surface area contributed by atoms with Crippen LogP contribution in [0.3, 0.4) is 0 Å². The summed E-state index contributed by atoms with van der Waals surface area (Å²) < 4.78 is 5.40. The molecule has 1 aromatic heterocycles. The lowest BCUT2D eigenvalue weighted by Crippen LogP contribution is -2.30. The van der Waals surface area contributed by atoms with Crippen LogP contribution in [-0.4, -0.2) is 35.8 Å². The molecule has 2 aromatic carbocycles. The van der Waals surface area contributed by atoms with E-state index in [1.807, 2.05) is 78.9 Å². The number of thioether (sulfide) groups is 1. The second-order valence-corrected chi connectivity index (χ2v) is 6.82. The summed E-state index contributed by atoms with van der Waals surface area (Å²) in [6, 6.07) is 19.5. The van der Waals surface area contributed by atoms with Crippen LogP contribution < -0.4 is 5.32 Å². The summed E-state index contributed by atoms with van der Waals surface area (Å²) in [7, 11) is 1.89. The average Bonchev–Trinajstić information content (AvgIpc) is 3.11. The van der Waals surface area contributed by atoms with Crippen molar-refractivity contribution in [3.8, 4) is 11.3 Å². The molecule has 1 N–H and O–H groups in total. The van der Waals surface area contributed by atoms with E-state index < -0.39 is 0 Å². The number of nitrogens with zero attached hydrogens (tertiary/aromatic N) is 2. The van der Waals surface area contributed by atoms with E-state index in [9.17, 15) is 4.79 Å². The van der Waals surface area contributed by atoms with Crippen LogP contribution in [0.25, 0.3) is 11.3 Å². The van der Waals surface area contributed by atoms with Gasteiger partial charge in [0.1, 0.15) is 0 Å². The van der Waals surface area contributed by atoms with Crippen molar-refractivity contribution in [3.63, 3.8) is 0 Å². The van der Waals surface area contributed by atoms with Crippen molar-refractivity contribution in [2.45, 2.75) is 11.4 Å². The quantitative estimate of drug-likeness (QED) is 0.636. The Morgan fingerprint density at radius 3 is 2.65 bits per heavy atom. The van der Waals surface area contributed by atoms with E-state index in [2.05, 4.69) is 10.5 Å². The van der Waals surface area contributed by atoms with Crippen molar-refractivity contribution in [2.75, 3.05) is 25.2 Å². The number of carbonyl (C=O) groups excluding carboxylic acids is 1. The molecule has 0 radical (unpaired) electrons. The highest BCUT2D eigenvalue weighted by Crippen LogP contribution is 2.24. The first-order valence-corrected chi connectivity index (χ1v) is 9.50. The number of nitrogens with one attached hydrogen (secondary N) is 1. The smallest absolute Gasteiger partial charge is 0.238 e. The largest absolute Gasteiger partial charge is 0.356 e. The topological polar surface area (TPSA) is 58.4 Å². The lowest BCUT2D eigenvalue weighted by Gasteiger charge is -2.15. The first kappa shape index (κ1) is 18.2. The third kappa shape index (κ3) is 4.74. The standard InChI is InChI=1S/C20H21N3O2S/c1-23(14-20(24)21-17-10-6-7-11-19(17)26-2)13-16-12-18(25-22-16)15-8-4-3-5-9-15/h3-12H,13-14H2,1-2H3,(H,21,24). The van der Waals surface area contributed by atoms with Gasteiger partial charge in [-0.15, -0.1) is 11.8 Å². The Morgan fingerprint density at radius 1 is 1.15 bits per heavy atom. The monoisotopic (exact) mass is 367 g/mol. The maximum atomic E-state index is 12.3. The molecule has 0 aliphatic heterocycles. The van der Waals surface area contributed by atoms with Gasteiger partial charge in [0.05, 0.1) is 17.9 Å². The Hall–Kier alpha value is -2.57. The lowest BCUT2D eigenvalue weighted by atomic mass is 10.1. The van der Waals surface area contributed by atoms with Crippen LogP contribution in [0.4, 0.5) is 5.69 Å². The number of carbonyl (C=O) groups is 1. The Bertz CT molecular complexity index is 864. The normalized spacial score (nSPS) is 10.9. The molecular formula is C20H21N3O2S. The molecule has 0 saturated heterocycles. The van der Waals surface area contributed by atoms with Gasteiger partial charge in [0.15, 0.2) is 5.76 Å². The molecule has 0 spiro atoms. The minimum Gasteiger partial charge on any atom is -0.356 e. The van der Waals surface area contributed by atoms with Gasteiger partial charge in [0, 0.05) is 23.1 Å². The molecule has 3 rings (SSSR count). The van der Waals surface area contributed by atoms with E-state index in [0.29, 0.717) is 6.54 Å². The zero-order valence-electron chi connectivity index (χ0n) is 14.8. The molecule has 3 aromatic rings. The molecule has 0 bridgehead atoms. The molecule has 1 heterocycles. The zero-order chi connectivity index (χ0) is 18.4. The van der Waals surface area contributed by atoms with Crippen molar-refractivity contribution in [1.29, 1.82) is 0 Å². The molecule has 0 atom stereocenters. The van der Waals surface area contributed by atoms with Crippen LogP contribution >= 0.6 is 11.8 Å². The Labute approximate surface area is 157 Å². The van der Waals surface area contributed by atoms with Crippen molar-refractivity contribution < 1.29 is 9.32 Å². The van der Waals surface area contributed by atoms with Gasteiger partial charge in [-0.3, -0.25) is 9.69 Å². The van der Waals surface area contributed by atoms with Crippen molar-refractivity contribution in [1.82, 2.24) is 10.1 Å². The number of rotatable bonds is 7. The number of hydrogen-bond acceptors (Lipinski definition) is 5. The fraction of sp³-hybridized carbons (Fsp3) is 0.200. The highest BCUT2D eigenvalue weighted by molar-refractivity contribution is 7.98. The number of anilines is 1. The number of benzene rings is 2. The number of aromatic nitrogens is 1. The summed E-state index contributed by atoms with van der Waals surface area (Å²) in [5.74, 6) is 0.674. The lowest BCUT2D eigenvalue weighted by molar-refractivity contribution is -0.117. The fourth-order valence-electron chi connectivity index (χ4n) is 2.64. The summed E-state index contributed by atoms with van der Waals surface area (Å²) in [6.45, 7) is 0.810. The van der Waals surface area contributed by atoms with Crippen molar-refractivity contribution in [3.05, 3.63) is 66.4 Å². The number of likely N-dealkylation sites (N-methyl/N-ethyl adjacent to an activating group) is 1. The number of para-hydroxylation sites is 1. The zero-order valence-corrected chi connectivity index (χ0v) is 15.6. The minimum absolute atomic E-state index is 0.0548. The molecule has 134 valence electrons. The summed E-state index contributed by atoms with van der Waals surface area (Å²) in [6.07, 6.45) is 1.99. The molecule has 6 heteroatoms. The van der Waals surface area contributed by atoms with Gasteiger partial charge in [-0.2, -0.15) is 0 Å². The van der Waals surface area contributed by atoms with Crippen LogP contribution in [0.5, 0.6) is 0 Å². The first-order valence-electron chi connectivity index (χ1n) is 8.28. The SMILES string of the molecule is CSc1ccccc1NC(=O)CN(C)Cc1cc(-c2ccccc2)on1. The van der Waals surface area contributed by atoms with Gasteiger partial charge in [-0.05, 0) is 25.4 Å². The van der Waals surface area contributed by atoms with Gasteiger partial charge in [0.25, 0.3) is 0 Å². The van der Waals surface area contributed by atoms with E-state index in [0.717, 1.165) is 27.6 Å². The van der Waals surface area contributed by atoms with E-state index in [1.54, 1.807) is 11.8 Å². The van der Waals surface area contributed by atoms with Gasteiger partial charge in [-0.25, -0.2) is 0 Å². The van der Waals surface area contributed by atoms with Crippen LogP contribution in [0.2, 0.25) is 0 Å². The maximum Gasteiger partial charge on any atom is 0.238 e. The van der Waals surface area contributed by atoms with E-state index in [4.69, 9.17) is 4.52 Å². The molecule has 26 heavy (non-hydrogen) atoms. The van der Waals surface area contributed by atoms with Crippen molar-refractivity contribution in [2.24, 2.45) is 0 Å². The maximum absolute atomic E-state index is 12.3. The average molecular weight is 367 g/mol. The summed E-state index contributed by atoms with van der Waals surface area (Å²) in [5.41, 5.74) is 2.62. The molecule has 0 aliphatic carbocycles. The van der Waals surface area contributed by atoms with E-state index in [-0.39, 0.29) is 12.5 Å². The Kier molecular flexibility index (Phi) is 6.09. The molecule has 0 aliphatic rings. The number of hydrogen-bond donors (Lipinski definition) is 1. The van der Waals surface area contributed by atoms with Crippen LogP contribution in [0.1, 0.15) is 5.69 Å². The van der Waals surface area contributed by atoms with Crippen LogP contribution in [-0.2, 0) is 11.3 Å².